The lowest BCUT2D eigenvalue weighted by molar-refractivity contribution is 0.341. The average molecular weight is 248 g/mol. The molecule has 0 saturated carbocycles. The molecule has 1 N–H and O–H groups in total. The van der Waals surface area contributed by atoms with Crippen molar-refractivity contribution in [2.75, 3.05) is 6.61 Å². The van der Waals surface area contributed by atoms with E-state index < -0.39 is 0 Å². The summed E-state index contributed by atoms with van der Waals surface area (Å²) >= 11 is 0. The first-order valence-electron chi connectivity index (χ1n) is 5.90. The highest BCUT2D eigenvalue weighted by Gasteiger charge is 2.34. The Morgan fingerprint density at radius 2 is 1.89 bits per heavy atom. The number of aliphatic hydroxyl groups excluding tert-OH is 1. The highest BCUT2D eigenvalue weighted by atomic mass is 16.6. The molecule has 1 aromatic carbocycles. The van der Waals surface area contributed by atoms with Crippen molar-refractivity contribution in [3.63, 3.8) is 0 Å². The highest BCUT2D eigenvalue weighted by molar-refractivity contribution is 5.43. The smallest absolute Gasteiger partial charge is 0.149 e. The third-order valence-electron chi connectivity index (χ3n) is 2.34. The van der Waals surface area contributed by atoms with Gasteiger partial charge in [-0.05, 0) is 35.8 Å². The fraction of sp³-hybridized carbons (Fsp3) is 0.176. The van der Waals surface area contributed by atoms with E-state index in [1.165, 1.54) is 0 Å². The monoisotopic (exact) mass is 248 g/mol. The van der Waals surface area contributed by atoms with Crippen LogP contribution in [-0.2, 0) is 4.74 Å². The number of aliphatic hydroxyl groups is 1. The summed E-state index contributed by atoms with van der Waals surface area (Å²) in [6, 6.07) is 9.66. The molecule has 2 rings (SSSR count). The second-order valence-corrected chi connectivity index (χ2v) is 3.77. The average Bonchev–Trinajstić information content (AvgIpc) is 3.20. The standard InChI is InChI=1S/C17H12O2/c18-14-8-13-17-16(19-17)12-7-2-1-4-9-15-10-5-3-6-11-15/h3,5-6,8,10-11,13,16-18H,14H2/b13-8+. The van der Waals surface area contributed by atoms with E-state index in [2.05, 4.69) is 35.5 Å². The number of hydrogen-bond donors (Lipinski definition) is 1. The van der Waals surface area contributed by atoms with E-state index in [1.54, 1.807) is 12.2 Å². The fourth-order valence-electron chi connectivity index (χ4n) is 1.38. The summed E-state index contributed by atoms with van der Waals surface area (Å²) < 4.78 is 5.22. The first kappa shape index (κ1) is 13.0. The van der Waals surface area contributed by atoms with Gasteiger partial charge in [-0.3, -0.25) is 0 Å². The van der Waals surface area contributed by atoms with Crippen molar-refractivity contribution in [1.29, 1.82) is 0 Å². The Morgan fingerprint density at radius 3 is 2.68 bits per heavy atom. The number of ether oxygens (including phenoxy) is 1. The maximum atomic E-state index is 8.58. The molecule has 1 heterocycles. The van der Waals surface area contributed by atoms with Gasteiger partial charge in [-0.15, -0.1) is 0 Å². The second kappa shape index (κ2) is 7.10. The van der Waals surface area contributed by atoms with Crippen molar-refractivity contribution in [2.24, 2.45) is 0 Å². The molecule has 92 valence electrons. The second-order valence-electron chi connectivity index (χ2n) is 3.77. The molecule has 19 heavy (non-hydrogen) atoms. The van der Waals surface area contributed by atoms with Gasteiger partial charge in [0, 0.05) is 5.56 Å². The maximum absolute atomic E-state index is 8.58. The lowest BCUT2D eigenvalue weighted by Crippen LogP contribution is -1.85. The van der Waals surface area contributed by atoms with Gasteiger partial charge in [-0.2, -0.15) is 0 Å². The third-order valence-corrected chi connectivity index (χ3v) is 2.34. The Morgan fingerprint density at radius 1 is 1.11 bits per heavy atom. The van der Waals surface area contributed by atoms with Gasteiger partial charge in [0.05, 0.1) is 6.61 Å². The van der Waals surface area contributed by atoms with E-state index >= 15 is 0 Å². The molecule has 1 saturated heterocycles. The quantitative estimate of drug-likeness (QED) is 0.487. The predicted molar refractivity (Wildman–Crippen MR) is 73.8 cm³/mol. The van der Waals surface area contributed by atoms with Crippen LogP contribution in [0.5, 0.6) is 0 Å². The first-order valence-corrected chi connectivity index (χ1v) is 5.90. The van der Waals surface area contributed by atoms with Crippen molar-refractivity contribution in [3.05, 3.63) is 48.0 Å². The van der Waals surface area contributed by atoms with Gasteiger partial charge < -0.3 is 9.84 Å². The summed E-state index contributed by atoms with van der Waals surface area (Å²) in [6.45, 7) is 0.0227. The number of epoxide rings is 1. The Balaban J connectivity index is 1.81. The van der Waals surface area contributed by atoms with Gasteiger partial charge in [-0.1, -0.05) is 42.2 Å². The molecule has 0 aliphatic carbocycles. The molecular weight excluding hydrogens is 236 g/mol. The summed E-state index contributed by atoms with van der Waals surface area (Å²) in [6.07, 6.45) is 3.33. The Labute approximate surface area is 113 Å². The van der Waals surface area contributed by atoms with E-state index in [0.29, 0.717) is 0 Å². The zero-order valence-electron chi connectivity index (χ0n) is 10.3. The van der Waals surface area contributed by atoms with E-state index in [-0.39, 0.29) is 18.8 Å². The molecule has 2 nitrogen and oxygen atoms in total. The van der Waals surface area contributed by atoms with Crippen LogP contribution in [0.25, 0.3) is 0 Å². The molecule has 0 spiro atoms. The van der Waals surface area contributed by atoms with Crippen LogP contribution in [0.1, 0.15) is 5.56 Å². The zero-order valence-corrected chi connectivity index (χ0v) is 10.3. The van der Waals surface area contributed by atoms with E-state index in [4.69, 9.17) is 9.84 Å². The minimum Gasteiger partial charge on any atom is -0.392 e. The normalized spacial score (nSPS) is 19.4. The molecule has 0 radical (unpaired) electrons. The SMILES string of the molecule is OC/C=C/C1OC1C#CC#CC#Cc1ccccc1. The predicted octanol–water partition coefficient (Wildman–Crippen LogP) is 1.36. The molecular formula is C17H12O2. The zero-order chi connectivity index (χ0) is 13.3. The summed E-state index contributed by atoms with van der Waals surface area (Å²) in [7, 11) is 0. The number of benzene rings is 1. The van der Waals surface area contributed by atoms with Crippen LogP contribution in [0.4, 0.5) is 0 Å². The molecule has 0 bridgehead atoms. The molecule has 1 fully saturated rings. The van der Waals surface area contributed by atoms with Crippen molar-refractivity contribution in [1.82, 2.24) is 0 Å². The summed E-state index contributed by atoms with van der Waals surface area (Å²) in [5.41, 5.74) is 0.935. The van der Waals surface area contributed by atoms with Gasteiger partial charge in [0.2, 0.25) is 0 Å². The van der Waals surface area contributed by atoms with Crippen LogP contribution >= 0.6 is 0 Å². The van der Waals surface area contributed by atoms with Crippen molar-refractivity contribution >= 4 is 0 Å². The molecule has 2 unspecified atom stereocenters. The number of hydrogen-bond acceptors (Lipinski definition) is 2. The van der Waals surface area contributed by atoms with Crippen LogP contribution in [0.3, 0.4) is 0 Å². The van der Waals surface area contributed by atoms with Crippen molar-refractivity contribution in [3.8, 4) is 35.5 Å². The lowest BCUT2D eigenvalue weighted by Gasteiger charge is -1.83. The van der Waals surface area contributed by atoms with Crippen molar-refractivity contribution in [2.45, 2.75) is 12.2 Å². The van der Waals surface area contributed by atoms with E-state index in [1.807, 2.05) is 30.3 Å². The van der Waals surface area contributed by atoms with Gasteiger partial charge >= 0.3 is 0 Å². The molecule has 2 heteroatoms. The molecule has 0 amide bonds. The molecule has 1 aromatic rings. The molecule has 1 aliphatic heterocycles. The number of rotatable bonds is 2. The van der Waals surface area contributed by atoms with Gasteiger partial charge in [-0.25, -0.2) is 0 Å². The Bertz CT molecular complexity index is 624. The van der Waals surface area contributed by atoms with Crippen LogP contribution < -0.4 is 0 Å². The lowest BCUT2D eigenvalue weighted by atomic mass is 10.2. The third kappa shape index (κ3) is 4.74. The van der Waals surface area contributed by atoms with Crippen LogP contribution in [-0.4, -0.2) is 23.9 Å². The van der Waals surface area contributed by atoms with Crippen LogP contribution in [0.15, 0.2) is 42.5 Å². The fourth-order valence-corrected chi connectivity index (χ4v) is 1.38. The summed E-state index contributed by atoms with van der Waals surface area (Å²) in [5.74, 6) is 16.6. The van der Waals surface area contributed by atoms with E-state index in [0.717, 1.165) is 5.56 Å². The summed E-state index contributed by atoms with van der Waals surface area (Å²) in [5, 5.41) is 8.58. The summed E-state index contributed by atoms with van der Waals surface area (Å²) in [4.78, 5) is 0. The van der Waals surface area contributed by atoms with Gasteiger partial charge in [0.25, 0.3) is 0 Å². The molecule has 0 aromatic heterocycles. The van der Waals surface area contributed by atoms with Gasteiger partial charge in [0.15, 0.2) is 0 Å². The highest BCUT2D eigenvalue weighted by Crippen LogP contribution is 2.21. The molecule has 2 atom stereocenters. The Hall–Kier alpha value is -2.44. The largest absolute Gasteiger partial charge is 0.392 e. The van der Waals surface area contributed by atoms with Crippen molar-refractivity contribution < 1.29 is 9.84 Å². The van der Waals surface area contributed by atoms with E-state index in [9.17, 15) is 0 Å². The topological polar surface area (TPSA) is 32.8 Å². The van der Waals surface area contributed by atoms with Crippen LogP contribution in [0, 0.1) is 35.5 Å². The minimum atomic E-state index is -0.0980. The maximum Gasteiger partial charge on any atom is 0.149 e. The van der Waals surface area contributed by atoms with Crippen LogP contribution in [0.2, 0.25) is 0 Å². The first-order chi connectivity index (χ1) is 9.40. The molecule has 1 aliphatic rings. The van der Waals surface area contributed by atoms with Gasteiger partial charge in [0.1, 0.15) is 12.2 Å². The minimum absolute atomic E-state index is 0.00291. The Kier molecular flexibility index (Phi) is 4.86.